The molecule has 0 radical (unpaired) electrons. The summed E-state index contributed by atoms with van der Waals surface area (Å²) < 4.78 is 0. The fourth-order valence-electron chi connectivity index (χ4n) is 0.623. The minimum atomic E-state index is -1.64. The Hall–Kier alpha value is -1.36. The van der Waals surface area contributed by atoms with Crippen LogP contribution in [0.3, 0.4) is 0 Å². The number of hydrogen-bond donors (Lipinski definition) is 1. The number of aliphatic carboxylic acids is 2. The van der Waals surface area contributed by atoms with Gasteiger partial charge in [-0.25, -0.2) is 0 Å². The van der Waals surface area contributed by atoms with E-state index in [1.54, 1.807) is 0 Å². The van der Waals surface area contributed by atoms with Crippen molar-refractivity contribution in [1.29, 1.82) is 0 Å². The Balaban J connectivity index is 0. The van der Waals surface area contributed by atoms with E-state index < -0.39 is 17.5 Å². The molecule has 1 unspecified atom stereocenters. The Morgan fingerprint density at radius 3 is 1.94 bits per heavy atom. The highest BCUT2D eigenvalue weighted by Crippen LogP contribution is 2.11. The summed E-state index contributed by atoms with van der Waals surface area (Å²) in [6, 6.07) is 0. The third-order valence-corrected chi connectivity index (χ3v) is 1.81. The number of hydrogen-bond acceptors (Lipinski definition) is 5. The molecule has 0 rings (SSSR count). The molecule has 0 aliphatic heterocycles. The lowest BCUT2D eigenvalue weighted by molar-refractivity contribution is -0.324. The summed E-state index contributed by atoms with van der Waals surface area (Å²) in [5.74, 6) is -2.57. The van der Waals surface area contributed by atoms with Crippen LogP contribution in [0.2, 0.25) is 0 Å². The van der Waals surface area contributed by atoms with E-state index >= 15 is 0 Å². The summed E-state index contributed by atoms with van der Waals surface area (Å²) in [6.07, 6.45) is 1.86. The minimum absolute atomic E-state index is 0.0648. The molecule has 0 spiro atoms. The fourth-order valence-corrected chi connectivity index (χ4v) is 0.623. The van der Waals surface area contributed by atoms with Crippen molar-refractivity contribution >= 4 is 11.9 Å². The van der Waals surface area contributed by atoms with Crippen molar-refractivity contribution in [3.63, 3.8) is 0 Å². The van der Waals surface area contributed by atoms with E-state index in [0.29, 0.717) is 6.42 Å². The lowest BCUT2D eigenvalue weighted by atomic mass is 10.00. The molecule has 0 amide bonds. The Bertz CT molecular complexity index is 243. The van der Waals surface area contributed by atoms with Gasteiger partial charge in [0.15, 0.2) is 0 Å². The van der Waals surface area contributed by atoms with Crippen molar-refractivity contribution in [2.24, 2.45) is 0 Å². The molecule has 0 aliphatic carbocycles. The van der Waals surface area contributed by atoms with Crippen molar-refractivity contribution in [3.05, 3.63) is 12.2 Å². The van der Waals surface area contributed by atoms with Crippen LogP contribution >= 0.6 is 0 Å². The molecule has 0 saturated carbocycles. The van der Waals surface area contributed by atoms with Gasteiger partial charge in [-0.05, 0) is 25.8 Å². The number of carbonyl (C=O) groups is 2. The van der Waals surface area contributed by atoms with Crippen LogP contribution < -0.4 is 10.2 Å². The highest BCUT2D eigenvalue weighted by Gasteiger charge is 2.20. The Morgan fingerprint density at radius 1 is 1.38 bits per heavy atom. The Kier molecular flexibility index (Phi) is 8.39. The first-order valence-electron chi connectivity index (χ1n) is 4.95. The summed E-state index contributed by atoms with van der Waals surface area (Å²) in [6.45, 7) is 7.67. The third kappa shape index (κ3) is 9.21. The first-order valence-corrected chi connectivity index (χ1v) is 4.95. The third-order valence-electron chi connectivity index (χ3n) is 1.81. The van der Waals surface area contributed by atoms with E-state index in [1.165, 1.54) is 13.8 Å². The van der Waals surface area contributed by atoms with Crippen molar-refractivity contribution in [3.8, 4) is 0 Å². The Labute approximate surface area is 95.4 Å². The molecule has 0 aromatic carbocycles. The molecule has 0 aromatic heterocycles. The smallest absolute Gasteiger partial charge is 0.101 e. The van der Waals surface area contributed by atoms with Crippen molar-refractivity contribution < 1.29 is 24.9 Å². The van der Waals surface area contributed by atoms with Crippen LogP contribution in [0.4, 0.5) is 0 Å². The molecule has 5 heteroatoms. The molecule has 5 nitrogen and oxygen atoms in total. The number of carboxylic acids is 2. The van der Waals surface area contributed by atoms with Crippen LogP contribution in [0.5, 0.6) is 0 Å². The van der Waals surface area contributed by atoms with Gasteiger partial charge in [-0.1, -0.05) is 26.3 Å². The summed E-state index contributed by atoms with van der Waals surface area (Å²) in [5, 5.41) is 28.7. The molecule has 94 valence electrons. The Morgan fingerprint density at radius 2 is 1.75 bits per heavy atom. The van der Waals surface area contributed by atoms with Crippen LogP contribution in [-0.4, -0.2) is 22.6 Å². The first kappa shape index (κ1) is 17.0. The number of carboxylic acid groups (broad SMARTS) is 2. The lowest BCUT2D eigenvalue weighted by Gasteiger charge is -2.23. The van der Waals surface area contributed by atoms with E-state index in [-0.39, 0.29) is 12.0 Å². The molecule has 0 aliphatic rings. The quantitative estimate of drug-likeness (QED) is 0.610. The predicted molar refractivity (Wildman–Crippen MR) is 55.0 cm³/mol. The van der Waals surface area contributed by atoms with Gasteiger partial charge in [0.2, 0.25) is 0 Å². The second kappa shape index (κ2) is 7.87. The largest absolute Gasteiger partial charge is 0.547 e. The molecule has 0 bridgehead atoms. The molecule has 16 heavy (non-hydrogen) atoms. The van der Waals surface area contributed by atoms with Gasteiger partial charge >= 0.3 is 0 Å². The van der Waals surface area contributed by atoms with E-state index in [9.17, 15) is 19.8 Å². The van der Waals surface area contributed by atoms with Crippen molar-refractivity contribution in [1.82, 2.24) is 0 Å². The number of aliphatic hydroxyl groups is 1. The zero-order valence-electron chi connectivity index (χ0n) is 9.91. The lowest BCUT2D eigenvalue weighted by Crippen LogP contribution is -2.45. The summed E-state index contributed by atoms with van der Waals surface area (Å²) >= 11 is 0. The second-order valence-electron chi connectivity index (χ2n) is 3.73. The van der Waals surface area contributed by atoms with Gasteiger partial charge in [0, 0.05) is 0 Å². The highest BCUT2D eigenvalue weighted by atomic mass is 16.4. The van der Waals surface area contributed by atoms with Gasteiger partial charge in [-0.3, -0.25) is 0 Å². The first-order chi connectivity index (χ1) is 7.15. The molecule has 1 atom stereocenters. The molecule has 0 aromatic rings. The van der Waals surface area contributed by atoms with Crippen LogP contribution in [-0.2, 0) is 9.59 Å². The number of unbranched alkanes of at least 4 members (excludes halogenated alkanes) is 1. The standard InChI is InChI=1S/C7H14O3.C4H6O2/c1-3-4-5-7(2,10)6(8)9;1-3(2)4(5)6/h10H,3-5H2,1-2H3,(H,8,9);1H2,2H3,(H,5,6)/p-2. The van der Waals surface area contributed by atoms with E-state index in [2.05, 4.69) is 6.58 Å². The summed E-state index contributed by atoms with van der Waals surface area (Å²) in [7, 11) is 0. The maximum Gasteiger partial charge on any atom is 0.101 e. The van der Waals surface area contributed by atoms with E-state index in [4.69, 9.17) is 5.11 Å². The maximum atomic E-state index is 10.2. The number of rotatable bonds is 5. The molecule has 0 heterocycles. The van der Waals surface area contributed by atoms with Crippen LogP contribution in [0.1, 0.15) is 40.0 Å². The van der Waals surface area contributed by atoms with Crippen molar-refractivity contribution in [2.75, 3.05) is 0 Å². The molecular weight excluding hydrogens is 212 g/mol. The van der Waals surface area contributed by atoms with Gasteiger partial charge in [0.1, 0.15) is 5.60 Å². The highest BCUT2D eigenvalue weighted by molar-refractivity contribution is 5.82. The SMILES string of the molecule is C=C(C)C(=O)[O-].CCCCC(C)(O)C(=O)[O-]. The molecule has 0 saturated heterocycles. The van der Waals surface area contributed by atoms with Crippen LogP contribution in [0.15, 0.2) is 12.2 Å². The van der Waals surface area contributed by atoms with Gasteiger partial charge in [-0.2, -0.15) is 0 Å². The molecule has 0 fully saturated rings. The van der Waals surface area contributed by atoms with Crippen LogP contribution in [0, 0.1) is 0 Å². The van der Waals surface area contributed by atoms with Gasteiger partial charge in [-0.15, -0.1) is 0 Å². The van der Waals surface area contributed by atoms with Gasteiger partial charge in [0.25, 0.3) is 0 Å². The summed E-state index contributed by atoms with van der Waals surface area (Å²) in [5.41, 5.74) is -1.58. The topological polar surface area (TPSA) is 100 Å². The second-order valence-corrected chi connectivity index (χ2v) is 3.73. The zero-order chi connectivity index (χ0) is 13.4. The fraction of sp³-hybridized carbons (Fsp3) is 0.636. The predicted octanol–water partition coefficient (Wildman–Crippen LogP) is -1.01. The molecular formula is C11H18O5-2. The van der Waals surface area contributed by atoms with Crippen molar-refractivity contribution in [2.45, 2.75) is 45.6 Å². The monoisotopic (exact) mass is 230 g/mol. The maximum absolute atomic E-state index is 10.2. The normalized spacial score (nSPS) is 13.0. The molecule has 1 N–H and O–H groups in total. The average molecular weight is 230 g/mol. The van der Waals surface area contributed by atoms with Gasteiger partial charge < -0.3 is 24.9 Å². The number of carbonyl (C=O) groups excluding carboxylic acids is 2. The summed E-state index contributed by atoms with van der Waals surface area (Å²) in [4.78, 5) is 19.7. The minimum Gasteiger partial charge on any atom is -0.547 e. The van der Waals surface area contributed by atoms with Gasteiger partial charge in [0.05, 0.1) is 11.9 Å². The van der Waals surface area contributed by atoms with Crippen LogP contribution in [0.25, 0.3) is 0 Å². The zero-order valence-corrected chi connectivity index (χ0v) is 9.91. The average Bonchev–Trinajstić information content (AvgIpc) is 2.15. The van der Waals surface area contributed by atoms with E-state index in [1.807, 2.05) is 6.92 Å². The van der Waals surface area contributed by atoms with E-state index in [0.717, 1.165) is 6.42 Å².